The second-order valence-corrected chi connectivity index (χ2v) is 13.1. The van der Waals surface area contributed by atoms with Gasteiger partial charge in [0.05, 0.1) is 19.3 Å². The van der Waals surface area contributed by atoms with Crippen LogP contribution in [0, 0.1) is 0 Å². The van der Waals surface area contributed by atoms with Gasteiger partial charge in [0.1, 0.15) is 89.6 Å². The van der Waals surface area contributed by atoms with Crippen molar-refractivity contribution in [3.63, 3.8) is 0 Å². The molecule has 3 aliphatic heterocycles. The number of hydrogen-bond acceptors (Lipinski definition) is 21. The molecule has 0 bridgehead atoms. The summed E-state index contributed by atoms with van der Waals surface area (Å²) in [6, 6.07) is 5.11. The first-order chi connectivity index (χ1) is 25.5. The van der Waals surface area contributed by atoms with E-state index >= 15 is 0 Å². The highest BCUT2D eigenvalue weighted by Gasteiger charge is 2.48. The van der Waals surface area contributed by atoms with Gasteiger partial charge in [-0.05, 0) is 25.1 Å². The van der Waals surface area contributed by atoms with E-state index in [-0.39, 0.29) is 16.9 Å². The molecule has 21 nitrogen and oxygen atoms in total. The fraction of sp³-hybridized carbons (Fsp3) is 0.545. The minimum atomic E-state index is -2.05. The second kappa shape index (κ2) is 15.7. The first kappa shape index (κ1) is 39.8. The summed E-state index contributed by atoms with van der Waals surface area (Å²) in [7, 11) is 0. The van der Waals surface area contributed by atoms with Crippen LogP contribution in [0.15, 0.2) is 39.5 Å². The molecule has 13 N–H and O–H groups in total. The molecule has 3 saturated heterocycles. The van der Waals surface area contributed by atoms with Crippen LogP contribution in [0.25, 0.3) is 22.3 Å². The highest BCUT2D eigenvalue weighted by Crippen LogP contribution is 2.40. The Morgan fingerprint density at radius 1 is 0.648 bits per heavy atom. The van der Waals surface area contributed by atoms with Crippen molar-refractivity contribution in [2.24, 2.45) is 0 Å². The van der Waals surface area contributed by atoms with E-state index in [0.29, 0.717) is 0 Å². The third-order valence-corrected chi connectivity index (χ3v) is 9.37. The number of ether oxygens (including phenoxy) is 6. The standard InChI is InChI=1S/C33H40O21/c1-9-19(38)23(42)26(45)31(49-9)48-8-17-21(40)25(44)28(47)33(53-17)54-30-22(41)18-13(37)5-11(35)6-15(18)50-29(30)10-2-3-14(12(36)4-10)51-32-27(46)24(43)20(39)16(7-34)52-32/h2-6,9,16-17,19-21,23-28,31-40,42-47H,7-8H2,1H3/t9-,16+,17+,19-,20+,21+,23+,24-,25-,26+,27+,28+,31+,32-,33-/m0/s1. The number of hydrogen-bond donors (Lipinski definition) is 13. The van der Waals surface area contributed by atoms with Crippen LogP contribution in [0.2, 0.25) is 0 Å². The highest BCUT2D eigenvalue weighted by molar-refractivity contribution is 5.88. The van der Waals surface area contributed by atoms with Crippen molar-refractivity contribution in [2.45, 2.75) is 99.0 Å². The zero-order valence-corrected chi connectivity index (χ0v) is 28.0. The Bertz CT molecular complexity index is 1850. The third-order valence-electron chi connectivity index (χ3n) is 9.37. The molecule has 4 heterocycles. The molecule has 1 aromatic heterocycles. The fourth-order valence-electron chi connectivity index (χ4n) is 6.22. The summed E-state index contributed by atoms with van der Waals surface area (Å²) < 4.78 is 38.9. The number of fused-ring (bicyclic) bond motifs is 1. The number of phenolic OH excluding ortho intramolecular Hbond substituents is 3. The molecule has 0 spiro atoms. The topological polar surface area (TPSA) is 349 Å². The molecular formula is C33H40O21. The number of aliphatic hydroxyl groups excluding tert-OH is 10. The van der Waals surface area contributed by atoms with Gasteiger partial charge in [-0.1, -0.05) is 0 Å². The van der Waals surface area contributed by atoms with Gasteiger partial charge < -0.3 is 99.2 Å². The molecule has 3 aromatic rings. The minimum absolute atomic E-state index is 0.144. The maximum Gasteiger partial charge on any atom is 0.239 e. The van der Waals surface area contributed by atoms with Crippen molar-refractivity contribution in [2.75, 3.05) is 13.2 Å². The summed E-state index contributed by atoms with van der Waals surface area (Å²) in [5.74, 6) is -3.59. The maximum atomic E-state index is 13.9. The van der Waals surface area contributed by atoms with Crippen molar-refractivity contribution in [3.8, 4) is 40.1 Å². The van der Waals surface area contributed by atoms with E-state index < -0.39 is 145 Å². The average molecular weight is 773 g/mol. The van der Waals surface area contributed by atoms with Crippen molar-refractivity contribution in [3.05, 3.63) is 40.6 Å². The summed E-state index contributed by atoms with van der Waals surface area (Å²) in [5.41, 5.74) is -1.62. The monoisotopic (exact) mass is 772 g/mol. The predicted octanol–water partition coefficient (Wildman–Crippen LogP) is -4.21. The number of phenols is 3. The number of benzene rings is 2. The van der Waals surface area contributed by atoms with Crippen molar-refractivity contribution in [1.29, 1.82) is 0 Å². The van der Waals surface area contributed by atoms with Gasteiger partial charge in [-0.2, -0.15) is 0 Å². The molecule has 0 radical (unpaired) electrons. The lowest BCUT2D eigenvalue weighted by molar-refractivity contribution is -0.318. The summed E-state index contributed by atoms with van der Waals surface area (Å²) in [4.78, 5) is 13.9. The number of aromatic hydroxyl groups is 3. The van der Waals surface area contributed by atoms with Crippen LogP contribution >= 0.6 is 0 Å². The summed E-state index contributed by atoms with van der Waals surface area (Å²) in [5, 5.41) is 134. The molecule has 3 aliphatic rings. The van der Waals surface area contributed by atoms with Gasteiger partial charge >= 0.3 is 0 Å². The van der Waals surface area contributed by atoms with E-state index in [1.807, 2.05) is 0 Å². The zero-order valence-electron chi connectivity index (χ0n) is 28.0. The summed E-state index contributed by atoms with van der Waals surface area (Å²) in [6.07, 6.45) is -25.1. The molecule has 3 fully saturated rings. The Hall–Kier alpha value is -3.91. The molecular weight excluding hydrogens is 732 g/mol. The molecule has 54 heavy (non-hydrogen) atoms. The van der Waals surface area contributed by atoms with Crippen LogP contribution in [0.4, 0.5) is 0 Å². The van der Waals surface area contributed by atoms with Crippen LogP contribution in [-0.2, 0) is 18.9 Å². The van der Waals surface area contributed by atoms with Crippen LogP contribution in [-0.4, -0.2) is 172 Å². The molecule has 0 unspecified atom stereocenters. The van der Waals surface area contributed by atoms with Gasteiger partial charge in [0, 0.05) is 17.7 Å². The molecule has 0 amide bonds. The maximum absolute atomic E-state index is 13.9. The average Bonchev–Trinajstić information content (AvgIpc) is 3.13. The lowest BCUT2D eigenvalue weighted by atomic mass is 9.98. The molecule has 6 rings (SSSR count). The van der Waals surface area contributed by atoms with E-state index in [0.717, 1.165) is 24.3 Å². The summed E-state index contributed by atoms with van der Waals surface area (Å²) >= 11 is 0. The van der Waals surface area contributed by atoms with E-state index in [1.54, 1.807) is 0 Å². The summed E-state index contributed by atoms with van der Waals surface area (Å²) in [6.45, 7) is -0.0102. The third kappa shape index (κ3) is 7.39. The Labute approximate surface area is 303 Å². The van der Waals surface area contributed by atoms with Gasteiger partial charge in [-0.25, -0.2) is 0 Å². The molecule has 298 valence electrons. The lowest BCUT2D eigenvalue weighted by Crippen LogP contribution is -2.61. The molecule has 0 saturated carbocycles. The van der Waals surface area contributed by atoms with Gasteiger partial charge in [0.15, 0.2) is 23.5 Å². The van der Waals surface area contributed by atoms with E-state index in [9.17, 15) is 71.2 Å². The first-order valence-electron chi connectivity index (χ1n) is 16.5. The Balaban J connectivity index is 1.31. The van der Waals surface area contributed by atoms with Crippen molar-refractivity contribution < 1.29 is 99.2 Å². The van der Waals surface area contributed by atoms with Crippen LogP contribution in [0.1, 0.15) is 6.92 Å². The zero-order chi connectivity index (χ0) is 39.3. The van der Waals surface area contributed by atoms with Crippen LogP contribution in [0.3, 0.4) is 0 Å². The molecule has 2 aromatic carbocycles. The van der Waals surface area contributed by atoms with Gasteiger partial charge in [0.25, 0.3) is 0 Å². The smallest absolute Gasteiger partial charge is 0.239 e. The first-order valence-corrected chi connectivity index (χ1v) is 16.5. The Kier molecular flexibility index (Phi) is 11.5. The van der Waals surface area contributed by atoms with Crippen LogP contribution in [0.5, 0.6) is 28.7 Å². The molecule has 0 aliphatic carbocycles. The Morgan fingerprint density at radius 3 is 1.89 bits per heavy atom. The normalized spacial score (nSPS) is 37.3. The highest BCUT2D eigenvalue weighted by atomic mass is 16.7. The van der Waals surface area contributed by atoms with E-state index in [1.165, 1.54) is 13.0 Å². The van der Waals surface area contributed by atoms with Crippen LogP contribution < -0.4 is 14.9 Å². The minimum Gasteiger partial charge on any atom is -0.508 e. The van der Waals surface area contributed by atoms with Gasteiger partial charge in [0.2, 0.25) is 23.8 Å². The van der Waals surface area contributed by atoms with E-state index in [4.69, 9.17) is 32.8 Å². The van der Waals surface area contributed by atoms with Gasteiger partial charge in [-0.15, -0.1) is 0 Å². The van der Waals surface area contributed by atoms with Gasteiger partial charge in [-0.3, -0.25) is 4.79 Å². The largest absolute Gasteiger partial charge is 0.508 e. The lowest BCUT2D eigenvalue weighted by Gasteiger charge is -2.42. The molecule has 15 atom stereocenters. The fourth-order valence-corrected chi connectivity index (χ4v) is 6.22. The second-order valence-electron chi connectivity index (χ2n) is 13.1. The van der Waals surface area contributed by atoms with E-state index in [2.05, 4.69) is 0 Å². The Morgan fingerprint density at radius 2 is 1.24 bits per heavy atom. The molecule has 21 heteroatoms. The van der Waals surface area contributed by atoms with Crippen molar-refractivity contribution >= 4 is 11.0 Å². The number of aliphatic hydroxyl groups is 10. The SMILES string of the molecule is C[C@@H]1O[C@@H](OC[C@H]2O[C@@H](Oc3c(-c4ccc(O[C@H]5O[C@H](CO)[C@@H](O)[C@H](O)[C@H]5O)c(O)c4)oc4cc(O)cc(O)c4c3=O)[C@H](O)[C@@H](O)[C@@H]2O)[C@H](O)[C@H](O)[C@H]1O. The predicted molar refractivity (Wildman–Crippen MR) is 173 cm³/mol. The quantitative estimate of drug-likeness (QED) is 0.0980. The van der Waals surface area contributed by atoms with Crippen molar-refractivity contribution in [1.82, 2.24) is 0 Å². The number of rotatable bonds is 9.